The van der Waals surface area contributed by atoms with E-state index >= 15 is 0 Å². The SMILES string of the molecule is CC1C(=O)CCNC2=CC(=O)C(CC(=O)Nc3cc4c(cn3)CC3(C4)C(=O)Nc4ncccc43)c3ncn1c32. The maximum absolute atomic E-state index is 13.1. The van der Waals surface area contributed by atoms with Gasteiger partial charge in [0, 0.05) is 43.4 Å². The van der Waals surface area contributed by atoms with Crippen LogP contribution in [-0.4, -0.2) is 49.4 Å². The summed E-state index contributed by atoms with van der Waals surface area (Å²) in [6.45, 7) is 2.26. The normalized spacial score (nSPS) is 24.6. The third-order valence-electron chi connectivity index (χ3n) is 8.32. The van der Waals surface area contributed by atoms with Gasteiger partial charge in [0.1, 0.15) is 11.6 Å². The number of pyridine rings is 2. The van der Waals surface area contributed by atoms with E-state index in [1.54, 1.807) is 29.4 Å². The molecule has 4 aliphatic rings. The molecule has 2 aliphatic carbocycles. The molecular weight excluding hydrogens is 498 g/mol. The third kappa shape index (κ3) is 3.53. The highest BCUT2D eigenvalue weighted by atomic mass is 16.2. The summed E-state index contributed by atoms with van der Waals surface area (Å²) in [6, 6.07) is 5.15. The Kier molecular flexibility index (Phi) is 5.06. The maximum Gasteiger partial charge on any atom is 0.237 e. The van der Waals surface area contributed by atoms with Crippen molar-refractivity contribution < 1.29 is 19.2 Å². The van der Waals surface area contributed by atoms with Crippen molar-refractivity contribution in [3.05, 3.63) is 71.1 Å². The van der Waals surface area contributed by atoms with Crippen LogP contribution in [0, 0.1) is 0 Å². The minimum absolute atomic E-state index is 0.0762. The molecule has 0 radical (unpaired) electrons. The molecule has 3 atom stereocenters. The van der Waals surface area contributed by atoms with Gasteiger partial charge in [-0.25, -0.2) is 15.0 Å². The summed E-state index contributed by atoms with van der Waals surface area (Å²) < 4.78 is 1.78. The summed E-state index contributed by atoms with van der Waals surface area (Å²) in [5, 5.41) is 8.88. The smallest absolute Gasteiger partial charge is 0.237 e. The summed E-state index contributed by atoms with van der Waals surface area (Å²) >= 11 is 0. The first-order valence-corrected chi connectivity index (χ1v) is 13.0. The molecule has 0 aromatic carbocycles. The van der Waals surface area contributed by atoms with Crippen LogP contribution in [0.4, 0.5) is 11.6 Å². The highest BCUT2D eigenvalue weighted by Gasteiger charge is 2.51. The lowest BCUT2D eigenvalue weighted by Crippen LogP contribution is -2.35. The number of nitrogens with one attached hydrogen (secondary N) is 3. The lowest BCUT2D eigenvalue weighted by molar-refractivity contribution is -0.122. The Morgan fingerprint density at radius 3 is 2.90 bits per heavy atom. The summed E-state index contributed by atoms with van der Waals surface area (Å²) in [4.78, 5) is 64.7. The summed E-state index contributed by atoms with van der Waals surface area (Å²) in [5.41, 5.74) is 3.84. The van der Waals surface area contributed by atoms with Crippen LogP contribution in [0.3, 0.4) is 0 Å². The van der Waals surface area contributed by atoms with E-state index < -0.39 is 17.4 Å². The first kappa shape index (κ1) is 23.4. The fourth-order valence-corrected chi connectivity index (χ4v) is 6.26. The van der Waals surface area contributed by atoms with Gasteiger partial charge in [-0.1, -0.05) is 6.07 Å². The molecule has 39 heavy (non-hydrogen) atoms. The Bertz CT molecular complexity index is 1640. The zero-order chi connectivity index (χ0) is 26.9. The van der Waals surface area contributed by atoms with E-state index in [2.05, 4.69) is 30.9 Å². The predicted octanol–water partition coefficient (Wildman–Crippen LogP) is 1.82. The third-order valence-corrected chi connectivity index (χ3v) is 8.32. The van der Waals surface area contributed by atoms with E-state index in [0.717, 1.165) is 16.7 Å². The van der Waals surface area contributed by atoms with E-state index in [1.165, 1.54) is 6.08 Å². The second-order valence-electron chi connectivity index (χ2n) is 10.6. The molecular formula is C28H25N7O4. The number of aromatic nitrogens is 4. The Hall–Kier alpha value is -4.67. The Labute approximate surface area is 223 Å². The molecule has 2 amide bonds. The fraction of sp³-hybridized carbons (Fsp3) is 0.321. The van der Waals surface area contributed by atoms with Gasteiger partial charge < -0.3 is 20.5 Å². The number of rotatable bonds is 3. The average molecular weight is 524 g/mol. The monoisotopic (exact) mass is 523 g/mol. The number of hydrogen-bond donors (Lipinski definition) is 3. The van der Waals surface area contributed by atoms with E-state index in [9.17, 15) is 19.2 Å². The van der Waals surface area contributed by atoms with Gasteiger partial charge in [-0.15, -0.1) is 0 Å². The van der Waals surface area contributed by atoms with E-state index in [4.69, 9.17) is 0 Å². The number of amides is 2. The standard InChI is InChI=1S/C28H25N7O4/c1-14-20(36)4-6-29-19-9-21(37)17(24-25(19)35(14)13-32-24)8-23(38)33-22-7-15-10-28(11-16(15)12-31-22)18-3-2-5-30-26(18)34-27(28)39/h2-3,5,7,9,12-14,17,29H,4,6,8,10-11H2,1H3,(H,30,34,39)(H,31,33,38). The lowest BCUT2D eigenvalue weighted by atomic mass is 9.79. The number of ketones is 2. The number of Topliss-reactive ketones (excluding diaryl/α,β-unsaturated/α-hetero) is 1. The lowest BCUT2D eigenvalue weighted by Gasteiger charge is -2.27. The van der Waals surface area contributed by atoms with Crippen molar-refractivity contribution in [3.63, 3.8) is 0 Å². The number of fused-ring (bicyclic) bond motifs is 3. The molecule has 3 aromatic heterocycles. The van der Waals surface area contributed by atoms with Crippen LogP contribution in [0.5, 0.6) is 0 Å². The van der Waals surface area contributed by atoms with Crippen LogP contribution >= 0.6 is 0 Å². The van der Waals surface area contributed by atoms with Crippen molar-refractivity contribution in [2.45, 2.75) is 50.0 Å². The van der Waals surface area contributed by atoms with Crippen LogP contribution in [0.15, 0.2) is 43.0 Å². The minimum atomic E-state index is -0.766. The Morgan fingerprint density at radius 2 is 2.03 bits per heavy atom. The zero-order valence-electron chi connectivity index (χ0n) is 21.2. The van der Waals surface area contributed by atoms with Gasteiger partial charge >= 0.3 is 0 Å². The van der Waals surface area contributed by atoms with Crippen molar-refractivity contribution in [1.29, 1.82) is 0 Å². The number of carbonyl (C=O) groups excluding carboxylic acids is 4. The van der Waals surface area contributed by atoms with E-state index in [-0.39, 0.29) is 29.8 Å². The summed E-state index contributed by atoms with van der Waals surface area (Å²) in [7, 11) is 0. The molecule has 0 saturated carbocycles. The second kappa shape index (κ2) is 8.42. The van der Waals surface area contributed by atoms with Crippen LogP contribution in [0.25, 0.3) is 5.70 Å². The molecule has 1 spiro atoms. The molecule has 3 aromatic rings. The largest absolute Gasteiger partial charge is 0.383 e. The van der Waals surface area contributed by atoms with Gasteiger partial charge in [0.05, 0.1) is 40.8 Å². The van der Waals surface area contributed by atoms with Gasteiger partial charge in [-0.2, -0.15) is 0 Å². The van der Waals surface area contributed by atoms with E-state index in [0.29, 0.717) is 54.5 Å². The topological polar surface area (TPSA) is 148 Å². The maximum atomic E-state index is 13.1. The first-order valence-electron chi connectivity index (χ1n) is 13.0. The number of anilines is 2. The van der Waals surface area contributed by atoms with Crippen molar-refractivity contribution in [2.75, 3.05) is 17.2 Å². The quantitative estimate of drug-likeness (QED) is 0.471. The van der Waals surface area contributed by atoms with Gasteiger partial charge in [0.15, 0.2) is 11.6 Å². The van der Waals surface area contributed by atoms with Gasteiger partial charge in [0.2, 0.25) is 11.8 Å². The number of nitrogens with zero attached hydrogens (tertiary/aromatic N) is 4. The first-order chi connectivity index (χ1) is 18.8. The average Bonchev–Trinajstić information content (AvgIpc) is 3.59. The molecule has 3 unspecified atom stereocenters. The molecule has 3 N–H and O–H groups in total. The number of carbonyl (C=O) groups is 4. The molecule has 11 nitrogen and oxygen atoms in total. The molecule has 5 heterocycles. The van der Waals surface area contributed by atoms with Crippen LogP contribution < -0.4 is 16.0 Å². The van der Waals surface area contributed by atoms with Crippen LogP contribution in [0.1, 0.15) is 59.8 Å². The summed E-state index contributed by atoms with van der Waals surface area (Å²) in [6.07, 6.45) is 7.67. The molecule has 0 bridgehead atoms. The van der Waals surface area contributed by atoms with Gasteiger partial charge in [-0.3, -0.25) is 19.2 Å². The minimum Gasteiger partial charge on any atom is -0.383 e. The van der Waals surface area contributed by atoms with Crippen molar-refractivity contribution in [3.8, 4) is 0 Å². The Morgan fingerprint density at radius 1 is 1.18 bits per heavy atom. The number of imidazole rings is 1. The van der Waals surface area contributed by atoms with Crippen LogP contribution in [0.2, 0.25) is 0 Å². The molecule has 0 saturated heterocycles. The molecule has 2 aliphatic heterocycles. The highest BCUT2D eigenvalue weighted by Crippen LogP contribution is 2.46. The highest BCUT2D eigenvalue weighted by molar-refractivity contribution is 6.07. The van der Waals surface area contributed by atoms with Crippen molar-refractivity contribution in [2.24, 2.45) is 0 Å². The fourth-order valence-electron chi connectivity index (χ4n) is 6.26. The van der Waals surface area contributed by atoms with Crippen molar-refractivity contribution >= 4 is 40.7 Å². The molecule has 7 rings (SSSR count). The molecule has 196 valence electrons. The number of allylic oxidation sites excluding steroid dienone is 1. The number of hydrogen-bond acceptors (Lipinski definition) is 8. The van der Waals surface area contributed by atoms with Gasteiger partial charge in [0.25, 0.3) is 0 Å². The van der Waals surface area contributed by atoms with Crippen LogP contribution in [-0.2, 0) is 37.4 Å². The second-order valence-corrected chi connectivity index (χ2v) is 10.6. The van der Waals surface area contributed by atoms with Crippen molar-refractivity contribution in [1.82, 2.24) is 24.8 Å². The zero-order valence-corrected chi connectivity index (χ0v) is 21.2. The van der Waals surface area contributed by atoms with E-state index in [1.807, 2.05) is 19.1 Å². The molecule has 0 fully saturated rings. The Balaban J connectivity index is 1.11. The summed E-state index contributed by atoms with van der Waals surface area (Å²) in [5.74, 6) is -0.406. The van der Waals surface area contributed by atoms with Gasteiger partial charge in [-0.05, 0) is 43.0 Å². The predicted molar refractivity (Wildman–Crippen MR) is 140 cm³/mol. The molecule has 11 heteroatoms.